The minimum absolute atomic E-state index is 0.0441. The van der Waals surface area contributed by atoms with Crippen LogP contribution in [0.1, 0.15) is 39.0 Å². The summed E-state index contributed by atoms with van der Waals surface area (Å²) in [5.41, 5.74) is 3.36. The van der Waals surface area contributed by atoms with E-state index in [-0.39, 0.29) is 17.3 Å². The highest BCUT2D eigenvalue weighted by atomic mass is 32.2. The van der Waals surface area contributed by atoms with Crippen molar-refractivity contribution in [1.29, 1.82) is 0 Å². The third-order valence-corrected chi connectivity index (χ3v) is 5.18. The second-order valence-corrected chi connectivity index (χ2v) is 6.94. The molecule has 0 aliphatic carbocycles. The zero-order chi connectivity index (χ0) is 18.8. The van der Waals surface area contributed by atoms with E-state index in [4.69, 9.17) is 0 Å². The van der Waals surface area contributed by atoms with E-state index >= 15 is 0 Å². The van der Waals surface area contributed by atoms with E-state index in [1.807, 2.05) is 23.7 Å². The molecule has 26 heavy (non-hydrogen) atoms. The number of aromatic nitrogens is 5. The third-order valence-electron chi connectivity index (χ3n) is 4.16. The van der Waals surface area contributed by atoms with E-state index in [2.05, 4.69) is 20.2 Å². The lowest BCUT2D eigenvalue weighted by molar-refractivity contribution is 0.101. The maximum Gasteiger partial charge on any atom is 0.191 e. The van der Waals surface area contributed by atoms with Crippen molar-refractivity contribution < 1.29 is 9.59 Å². The van der Waals surface area contributed by atoms with Crippen molar-refractivity contribution in [2.24, 2.45) is 7.05 Å². The molecule has 0 atom stereocenters. The van der Waals surface area contributed by atoms with Gasteiger partial charge < -0.3 is 9.55 Å². The zero-order valence-corrected chi connectivity index (χ0v) is 15.8. The van der Waals surface area contributed by atoms with Crippen LogP contribution in [0.25, 0.3) is 11.4 Å². The molecule has 0 unspecified atom stereocenters. The van der Waals surface area contributed by atoms with E-state index in [9.17, 15) is 9.59 Å². The van der Waals surface area contributed by atoms with Crippen molar-refractivity contribution >= 4 is 23.3 Å². The van der Waals surface area contributed by atoms with E-state index in [1.165, 1.54) is 18.7 Å². The van der Waals surface area contributed by atoms with Gasteiger partial charge in [-0.25, -0.2) is 0 Å². The van der Waals surface area contributed by atoms with Gasteiger partial charge in [-0.1, -0.05) is 11.8 Å². The Morgan fingerprint density at radius 3 is 2.65 bits per heavy atom. The molecule has 3 rings (SSSR count). The molecule has 0 saturated heterocycles. The number of hydrogen-bond acceptors (Lipinski definition) is 6. The van der Waals surface area contributed by atoms with Crippen molar-refractivity contribution in [3.8, 4) is 11.4 Å². The molecule has 8 heteroatoms. The van der Waals surface area contributed by atoms with Crippen molar-refractivity contribution in [3.63, 3.8) is 0 Å². The van der Waals surface area contributed by atoms with Crippen LogP contribution in [0.15, 0.2) is 29.7 Å². The lowest BCUT2D eigenvalue weighted by Gasteiger charge is -2.03. The Morgan fingerprint density at radius 2 is 2.04 bits per heavy atom. The molecule has 3 heterocycles. The zero-order valence-electron chi connectivity index (χ0n) is 15.0. The van der Waals surface area contributed by atoms with Crippen molar-refractivity contribution in [1.82, 2.24) is 24.7 Å². The number of carbonyl (C=O) groups excluding carboxylic acids is 2. The molecule has 0 radical (unpaired) electrons. The fourth-order valence-electron chi connectivity index (χ4n) is 2.95. The lowest BCUT2D eigenvalue weighted by Crippen LogP contribution is -2.06. The largest absolute Gasteiger partial charge is 0.355 e. The SMILES string of the molecule is CC(=O)c1c(C)[nH]c(C(=O)CSc2nnc(-c3cccnc3)n2C)c1C. The number of rotatable bonds is 6. The average Bonchev–Trinajstić information content (AvgIpc) is 3.13. The van der Waals surface area contributed by atoms with E-state index < -0.39 is 0 Å². The van der Waals surface area contributed by atoms with Crippen molar-refractivity contribution in [3.05, 3.63) is 47.0 Å². The summed E-state index contributed by atoms with van der Waals surface area (Å²) >= 11 is 1.31. The summed E-state index contributed by atoms with van der Waals surface area (Å²) < 4.78 is 1.84. The van der Waals surface area contributed by atoms with Crippen LogP contribution >= 0.6 is 11.8 Å². The van der Waals surface area contributed by atoms with Crippen LogP contribution in [0.2, 0.25) is 0 Å². The van der Waals surface area contributed by atoms with Gasteiger partial charge in [0.15, 0.2) is 22.5 Å². The summed E-state index contributed by atoms with van der Waals surface area (Å²) in [5, 5.41) is 8.99. The molecule has 0 spiro atoms. The van der Waals surface area contributed by atoms with Gasteiger partial charge >= 0.3 is 0 Å². The number of H-pyrrole nitrogens is 1. The average molecular weight is 369 g/mol. The number of nitrogens with one attached hydrogen (secondary N) is 1. The molecule has 0 saturated carbocycles. The topological polar surface area (TPSA) is 93.5 Å². The highest BCUT2D eigenvalue weighted by Crippen LogP contribution is 2.24. The summed E-state index contributed by atoms with van der Waals surface area (Å²) in [6, 6.07) is 3.74. The van der Waals surface area contributed by atoms with Crippen LogP contribution in [-0.4, -0.2) is 42.1 Å². The molecule has 0 fully saturated rings. The number of thioether (sulfide) groups is 1. The maximum atomic E-state index is 12.6. The summed E-state index contributed by atoms with van der Waals surface area (Å²) in [6.07, 6.45) is 3.42. The van der Waals surface area contributed by atoms with Crippen LogP contribution < -0.4 is 0 Å². The Bertz CT molecular complexity index is 975. The van der Waals surface area contributed by atoms with Gasteiger partial charge in [0.25, 0.3) is 0 Å². The summed E-state index contributed by atoms with van der Waals surface area (Å²) in [7, 11) is 1.85. The number of nitrogens with zero attached hydrogens (tertiary/aromatic N) is 4. The quantitative estimate of drug-likeness (QED) is 0.530. The fourth-order valence-corrected chi connectivity index (χ4v) is 3.73. The molecule has 0 amide bonds. The second kappa shape index (κ2) is 7.25. The smallest absolute Gasteiger partial charge is 0.191 e. The van der Waals surface area contributed by atoms with E-state index in [1.54, 1.807) is 26.2 Å². The molecule has 3 aromatic heterocycles. The highest BCUT2D eigenvalue weighted by molar-refractivity contribution is 7.99. The Balaban J connectivity index is 1.76. The first-order valence-electron chi connectivity index (χ1n) is 8.06. The Hall–Kier alpha value is -2.74. The highest BCUT2D eigenvalue weighted by Gasteiger charge is 2.21. The minimum atomic E-state index is -0.0750. The fraction of sp³-hybridized carbons (Fsp3) is 0.278. The van der Waals surface area contributed by atoms with Gasteiger partial charge in [-0.05, 0) is 38.5 Å². The third kappa shape index (κ3) is 3.32. The van der Waals surface area contributed by atoms with Gasteiger partial charge in [-0.2, -0.15) is 0 Å². The van der Waals surface area contributed by atoms with Gasteiger partial charge in [0, 0.05) is 36.3 Å². The van der Waals surface area contributed by atoms with Gasteiger partial charge in [-0.3, -0.25) is 14.6 Å². The second-order valence-electron chi connectivity index (χ2n) is 6.00. The molecule has 3 aromatic rings. The predicted molar refractivity (Wildman–Crippen MR) is 99.6 cm³/mol. The monoisotopic (exact) mass is 369 g/mol. The summed E-state index contributed by atoms with van der Waals surface area (Å²) in [4.78, 5) is 31.4. The Morgan fingerprint density at radius 1 is 1.27 bits per heavy atom. The summed E-state index contributed by atoms with van der Waals surface area (Å²) in [6.45, 7) is 5.10. The van der Waals surface area contributed by atoms with Crippen LogP contribution in [0.4, 0.5) is 0 Å². The summed E-state index contributed by atoms with van der Waals surface area (Å²) in [5.74, 6) is 0.780. The molecule has 1 N–H and O–H groups in total. The normalized spacial score (nSPS) is 10.9. The first-order chi connectivity index (χ1) is 12.4. The van der Waals surface area contributed by atoms with Gasteiger partial charge in [-0.15, -0.1) is 10.2 Å². The van der Waals surface area contributed by atoms with Gasteiger partial charge in [0.1, 0.15) is 0 Å². The molecule has 0 aliphatic rings. The van der Waals surface area contributed by atoms with Crippen LogP contribution in [0.3, 0.4) is 0 Å². The molecule has 0 bridgehead atoms. The van der Waals surface area contributed by atoms with Gasteiger partial charge in [0.2, 0.25) is 0 Å². The van der Waals surface area contributed by atoms with Crippen LogP contribution in [0, 0.1) is 13.8 Å². The molecular formula is C18H19N5O2S. The standard InChI is InChI=1S/C18H19N5O2S/c1-10-15(12(3)24)11(2)20-16(10)14(25)9-26-18-22-21-17(23(18)4)13-6-5-7-19-8-13/h5-8,20H,9H2,1-4H3. The first-order valence-corrected chi connectivity index (χ1v) is 9.04. The number of ketones is 2. The number of hydrogen-bond donors (Lipinski definition) is 1. The molecule has 0 aliphatic heterocycles. The number of pyridine rings is 1. The molecule has 134 valence electrons. The molecule has 7 nitrogen and oxygen atoms in total. The number of Topliss-reactive ketones (excluding diaryl/α,β-unsaturated/α-hetero) is 2. The minimum Gasteiger partial charge on any atom is -0.355 e. The molecular weight excluding hydrogens is 350 g/mol. The molecule has 0 aromatic carbocycles. The Kier molecular flexibility index (Phi) is 5.03. The van der Waals surface area contributed by atoms with Gasteiger partial charge in [0.05, 0.1) is 11.4 Å². The van der Waals surface area contributed by atoms with E-state index in [0.717, 1.165) is 11.3 Å². The van der Waals surface area contributed by atoms with Crippen molar-refractivity contribution in [2.75, 3.05) is 5.75 Å². The number of carbonyl (C=O) groups is 2. The van der Waals surface area contributed by atoms with Crippen molar-refractivity contribution in [2.45, 2.75) is 25.9 Å². The predicted octanol–water partition coefficient (Wildman–Crippen LogP) is 3.00. The first kappa shape index (κ1) is 18.1. The Labute approximate surface area is 155 Å². The van der Waals surface area contributed by atoms with Crippen LogP contribution in [0.5, 0.6) is 0 Å². The maximum absolute atomic E-state index is 12.6. The van der Waals surface area contributed by atoms with E-state index in [0.29, 0.717) is 27.8 Å². The number of aryl methyl sites for hydroxylation is 1. The number of aromatic amines is 1. The lowest BCUT2D eigenvalue weighted by atomic mass is 10.1. The van der Waals surface area contributed by atoms with Crippen LogP contribution in [-0.2, 0) is 7.05 Å².